The number of hydrogen-bond acceptors (Lipinski definition) is 2. The molecule has 2 rings (SSSR count). The van der Waals surface area contributed by atoms with Gasteiger partial charge in [0.1, 0.15) is 0 Å². The van der Waals surface area contributed by atoms with Crippen LogP contribution >= 0.6 is 10.5 Å². The zero-order valence-electron chi connectivity index (χ0n) is 12.2. The third kappa shape index (κ3) is 6.06. The lowest BCUT2D eigenvalue weighted by molar-refractivity contribution is -0.121. The van der Waals surface area contributed by atoms with Gasteiger partial charge in [-0.05, 0) is 60.9 Å². The highest BCUT2D eigenvalue weighted by molar-refractivity contribution is 8.17. The van der Waals surface area contributed by atoms with E-state index < -0.39 is 0 Å². The van der Waals surface area contributed by atoms with Crippen molar-refractivity contribution >= 4 is 21.8 Å². The normalized spacial score (nSPS) is 26.3. The molecular formula is C16H26N2OS. The number of amides is 1. The van der Waals surface area contributed by atoms with Gasteiger partial charge in [0.25, 0.3) is 0 Å². The molecule has 2 N–H and O–H groups in total. The summed E-state index contributed by atoms with van der Waals surface area (Å²) in [6.45, 7) is 2.80. The first kappa shape index (κ1) is 15.5. The van der Waals surface area contributed by atoms with Crippen LogP contribution in [0, 0.1) is 0 Å². The van der Waals surface area contributed by atoms with Crippen LogP contribution in [0.1, 0.15) is 38.5 Å². The third-order valence-corrected chi connectivity index (χ3v) is 5.47. The summed E-state index contributed by atoms with van der Waals surface area (Å²) in [6.07, 6.45) is 10.8. The summed E-state index contributed by atoms with van der Waals surface area (Å²) in [6, 6.07) is 0. The van der Waals surface area contributed by atoms with Crippen LogP contribution in [-0.4, -0.2) is 36.7 Å². The molecule has 1 unspecified atom stereocenters. The van der Waals surface area contributed by atoms with Gasteiger partial charge in [0, 0.05) is 13.0 Å². The van der Waals surface area contributed by atoms with Gasteiger partial charge in [0.2, 0.25) is 5.91 Å². The third-order valence-electron chi connectivity index (χ3n) is 3.59. The van der Waals surface area contributed by atoms with E-state index in [1.54, 1.807) is 0 Å². The Bertz CT molecular complexity index is 413. The van der Waals surface area contributed by atoms with Crippen LogP contribution in [0.5, 0.6) is 0 Å². The highest BCUT2D eigenvalue weighted by atomic mass is 32.2. The average Bonchev–Trinajstić information content (AvgIpc) is 2.45. The number of carbonyl (C=O) groups is 1. The van der Waals surface area contributed by atoms with E-state index in [9.17, 15) is 4.79 Å². The second-order valence-electron chi connectivity index (χ2n) is 5.38. The second-order valence-corrected chi connectivity index (χ2v) is 7.23. The largest absolute Gasteiger partial charge is 0.356 e. The van der Waals surface area contributed by atoms with Crippen molar-refractivity contribution in [2.45, 2.75) is 38.5 Å². The number of rotatable bonds is 0. The Labute approximate surface area is 124 Å². The molecule has 0 aromatic rings. The summed E-state index contributed by atoms with van der Waals surface area (Å²) in [7, 11) is 0.311. The average molecular weight is 294 g/mol. The van der Waals surface area contributed by atoms with Crippen LogP contribution < -0.4 is 10.6 Å². The topological polar surface area (TPSA) is 41.1 Å². The molecule has 112 valence electrons. The minimum Gasteiger partial charge on any atom is -0.356 e. The van der Waals surface area contributed by atoms with Crippen molar-refractivity contribution in [3.05, 3.63) is 23.1 Å². The molecule has 0 saturated heterocycles. The zero-order valence-corrected chi connectivity index (χ0v) is 13.0. The standard InChI is InChI=1S/C16H26N2OS/c19-16-7-4-10-17-9-2-1-3-12-20-13-5-6-15(14-20)8-11-18-16/h5-6,13-14,17H,1-4,7-12H2,(H,18,19). The molecule has 0 aromatic heterocycles. The predicted molar refractivity (Wildman–Crippen MR) is 89.3 cm³/mol. The Morgan fingerprint density at radius 3 is 2.85 bits per heavy atom. The quantitative estimate of drug-likeness (QED) is 0.674. The maximum absolute atomic E-state index is 11.7. The summed E-state index contributed by atoms with van der Waals surface area (Å²) in [5.41, 5.74) is 1.38. The minimum atomic E-state index is 0.185. The lowest BCUT2D eigenvalue weighted by Crippen LogP contribution is -2.26. The molecule has 0 radical (unpaired) electrons. The molecule has 3 nitrogen and oxygen atoms in total. The van der Waals surface area contributed by atoms with Crippen LogP contribution in [-0.2, 0) is 4.79 Å². The molecule has 1 amide bonds. The fraction of sp³-hybridized carbons (Fsp3) is 0.625. The van der Waals surface area contributed by atoms with Crippen LogP contribution in [0.4, 0.5) is 0 Å². The van der Waals surface area contributed by atoms with E-state index in [0.29, 0.717) is 16.9 Å². The second kappa shape index (κ2) is 9.14. The molecule has 2 bridgehead atoms. The summed E-state index contributed by atoms with van der Waals surface area (Å²) in [5.74, 6) is 1.46. The van der Waals surface area contributed by atoms with E-state index in [4.69, 9.17) is 0 Å². The highest BCUT2D eigenvalue weighted by Gasteiger charge is 2.04. The molecule has 0 spiro atoms. The van der Waals surface area contributed by atoms with Gasteiger partial charge < -0.3 is 10.6 Å². The fourth-order valence-electron chi connectivity index (χ4n) is 2.44. The molecule has 2 heterocycles. The van der Waals surface area contributed by atoms with Gasteiger partial charge in [-0.15, -0.1) is 0 Å². The Hall–Kier alpha value is -0.870. The van der Waals surface area contributed by atoms with Crippen molar-refractivity contribution in [2.75, 3.05) is 25.4 Å². The van der Waals surface area contributed by atoms with Gasteiger partial charge >= 0.3 is 0 Å². The van der Waals surface area contributed by atoms with Gasteiger partial charge in [0.05, 0.1) is 0 Å². The number of hydrogen-bond donors (Lipinski definition) is 2. The Balaban J connectivity index is 1.87. The first-order valence-corrected chi connectivity index (χ1v) is 9.25. The van der Waals surface area contributed by atoms with Crippen molar-refractivity contribution in [2.24, 2.45) is 0 Å². The maximum atomic E-state index is 11.7. The number of carbonyl (C=O) groups excluding carboxylic acids is 1. The molecule has 0 aliphatic carbocycles. The van der Waals surface area contributed by atoms with Crippen molar-refractivity contribution in [1.29, 1.82) is 0 Å². The molecule has 20 heavy (non-hydrogen) atoms. The summed E-state index contributed by atoms with van der Waals surface area (Å²) in [5, 5.41) is 11.2. The molecule has 0 aromatic carbocycles. The number of fused-ring (bicyclic) bond motifs is 1. The smallest absolute Gasteiger partial charge is 0.220 e. The molecule has 1 atom stereocenters. The van der Waals surface area contributed by atoms with Gasteiger partial charge in [-0.3, -0.25) is 4.79 Å². The van der Waals surface area contributed by atoms with Crippen molar-refractivity contribution in [3.8, 4) is 0 Å². The van der Waals surface area contributed by atoms with E-state index in [1.165, 1.54) is 30.6 Å². The minimum absolute atomic E-state index is 0.185. The molecule has 0 saturated carbocycles. The molecule has 2 aliphatic rings. The Morgan fingerprint density at radius 2 is 1.90 bits per heavy atom. The predicted octanol–water partition coefficient (Wildman–Crippen LogP) is 2.57. The van der Waals surface area contributed by atoms with Gasteiger partial charge in [0.15, 0.2) is 0 Å². The first-order valence-electron chi connectivity index (χ1n) is 7.73. The molecule has 0 fully saturated rings. The van der Waals surface area contributed by atoms with Crippen molar-refractivity contribution < 1.29 is 4.79 Å². The summed E-state index contributed by atoms with van der Waals surface area (Å²) >= 11 is 0. The van der Waals surface area contributed by atoms with Crippen molar-refractivity contribution in [1.82, 2.24) is 10.6 Å². The Morgan fingerprint density at radius 1 is 1.00 bits per heavy atom. The maximum Gasteiger partial charge on any atom is 0.220 e. The van der Waals surface area contributed by atoms with E-state index >= 15 is 0 Å². The fourth-order valence-corrected chi connectivity index (χ4v) is 4.17. The SMILES string of the molecule is O=C1CCCNCCCCCS2=CC=CC(=C2)CCN1. The first-order chi connectivity index (χ1) is 9.84. The van der Waals surface area contributed by atoms with Gasteiger partial charge in [-0.25, -0.2) is 0 Å². The molecule has 2 aliphatic heterocycles. The molecule has 4 heteroatoms. The lowest BCUT2D eigenvalue weighted by Gasteiger charge is -2.12. The van der Waals surface area contributed by atoms with Gasteiger partial charge in [-0.1, -0.05) is 18.6 Å². The van der Waals surface area contributed by atoms with E-state index in [1.807, 2.05) is 0 Å². The molecular weight excluding hydrogens is 268 g/mol. The monoisotopic (exact) mass is 294 g/mol. The Kier molecular flexibility index (Phi) is 7.09. The van der Waals surface area contributed by atoms with Crippen LogP contribution in [0.3, 0.4) is 0 Å². The number of allylic oxidation sites excluding steroid dienone is 2. The number of nitrogens with one attached hydrogen (secondary N) is 2. The van der Waals surface area contributed by atoms with Crippen LogP contribution in [0.15, 0.2) is 23.1 Å². The summed E-state index contributed by atoms with van der Waals surface area (Å²) in [4.78, 5) is 11.7. The highest BCUT2D eigenvalue weighted by Crippen LogP contribution is 2.24. The van der Waals surface area contributed by atoms with Crippen molar-refractivity contribution in [3.63, 3.8) is 0 Å². The van der Waals surface area contributed by atoms with Gasteiger partial charge in [-0.2, -0.15) is 10.5 Å². The van der Waals surface area contributed by atoms with Crippen LogP contribution in [0.25, 0.3) is 0 Å². The zero-order chi connectivity index (χ0) is 14.0. The van der Waals surface area contributed by atoms with E-state index in [0.717, 1.165) is 32.5 Å². The van der Waals surface area contributed by atoms with Crippen LogP contribution in [0.2, 0.25) is 0 Å². The lowest BCUT2D eigenvalue weighted by atomic mass is 10.2. The van der Waals surface area contributed by atoms with E-state index in [2.05, 4.69) is 33.6 Å². The van der Waals surface area contributed by atoms with E-state index in [-0.39, 0.29) is 5.91 Å². The summed E-state index contributed by atoms with van der Waals surface area (Å²) < 4.78 is 0.